The predicted octanol–water partition coefficient (Wildman–Crippen LogP) is 5.14. The molecule has 1 heterocycles. The Morgan fingerprint density at radius 1 is 1.06 bits per heavy atom. The number of furan rings is 1. The molecule has 0 bridgehead atoms. The number of benzene rings is 2. The van der Waals surface area contributed by atoms with Crippen molar-refractivity contribution in [3.63, 3.8) is 0 Å². The van der Waals surface area contributed by atoms with Crippen molar-refractivity contribution in [2.45, 2.75) is 0 Å². The summed E-state index contributed by atoms with van der Waals surface area (Å²) in [5, 5.41) is 2.19. The Labute approximate surface area is 104 Å². The number of halogens is 3. The first kappa shape index (κ1) is 10.1. The van der Waals surface area contributed by atoms with Crippen LogP contribution in [0.25, 0.3) is 21.9 Å². The number of rotatable bonds is 0. The first-order chi connectivity index (χ1) is 7.65. The van der Waals surface area contributed by atoms with Crippen LogP contribution in [0.1, 0.15) is 0 Å². The van der Waals surface area contributed by atoms with E-state index < -0.39 is 0 Å². The fourth-order valence-corrected chi connectivity index (χ4v) is 2.24. The Morgan fingerprint density at radius 3 is 2.62 bits per heavy atom. The first-order valence-electron chi connectivity index (χ1n) is 4.62. The van der Waals surface area contributed by atoms with Crippen molar-refractivity contribution in [2.24, 2.45) is 0 Å². The zero-order valence-corrected chi connectivity index (χ0v) is 10.3. The summed E-state index contributed by atoms with van der Waals surface area (Å²) in [6.07, 6.45) is 0. The van der Waals surface area contributed by atoms with Gasteiger partial charge >= 0.3 is 0 Å². The van der Waals surface area contributed by atoms with Crippen molar-refractivity contribution in [1.82, 2.24) is 0 Å². The average molecular weight is 300 g/mol. The fraction of sp³-hybridized carbons (Fsp3) is 0. The molecule has 3 rings (SSSR count). The molecule has 0 saturated carbocycles. The summed E-state index contributed by atoms with van der Waals surface area (Å²) in [5.74, 6) is -0.277. The van der Waals surface area contributed by atoms with E-state index in [9.17, 15) is 4.39 Å². The van der Waals surface area contributed by atoms with Crippen LogP contribution in [0.2, 0.25) is 5.02 Å². The second-order valence-corrected chi connectivity index (χ2v) is 4.77. The van der Waals surface area contributed by atoms with Crippen molar-refractivity contribution >= 4 is 49.5 Å². The van der Waals surface area contributed by atoms with E-state index in [2.05, 4.69) is 15.9 Å². The van der Waals surface area contributed by atoms with Crippen LogP contribution in [-0.2, 0) is 0 Å². The molecule has 0 atom stereocenters. The molecule has 2 aromatic carbocycles. The Hall–Kier alpha value is -1.06. The van der Waals surface area contributed by atoms with Crippen LogP contribution in [0.4, 0.5) is 4.39 Å². The van der Waals surface area contributed by atoms with Crippen molar-refractivity contribution in [2.75, 3.05) is 0 Å². The molecule has 0 aliphatic heterocycles. The highest BCUT2D eigenvalue weighted by molar-refractivity contribution is 9.10. The van der Waals surface area contributed by atoms with E-state index in [-0.39, 0.29) is 5.82 Å². The molecule has 0 amide bonds. The molecular formula is C12H5BrClFO. The summed E-state index contributed by atoms with van der Waals surface area (Å²) in [7, 11) is 0. The van der Waals surface area contributed by atoms with E-state index in [0.29, 0.717) is 16.2 Å². The van der Waals surface area contributed by atoms with Gasteiger partial charge in [-0.05, 0) is 40.2 Å². The molecule has 0 spiro atoms. The fourth-order valence-electron chi connectivity index (χ4n) is 1.74. The molecule has 0 fully saturated rings. The lowest BCUT2D eigenvalue weighted by Crippen LogP contribution is -1.72. The molecule has 4 heteroatoms. The molecule has 1 aromatic heterocycles. The van der Waals surface area contributed by atoms with Gasteiger partial charge in [0, 0.05) is 21.3 Å². The van der Waals surface area contributed by atoms with Gasteiger partial charge in [0.25, 0.3) is 0 Å². The predicted molar refractivity (Wildman–Crippen MR) is 66.4 cm³/mol. The molecule has 0 aliphatic carbocycles. The van der Waals surface area contributed by atoms with E-state index in [1.54, 1.807) is 12.1 Å². The van der Waals surface area contributed by atoms with E-state index in [0.717, 1.165) is 15.2 Å². The lowest BCUT2D eigenvalue weighted by atomic mass is 10.1. The van der Waals surface area contributed by atoms with Gasteiger partial charge in [-0.2, -0.15) is 0 Å². The molecular weight excluding hydrogens is 294 g/mol. The van der Waals surface area contributed by atoms with Crippen LogP contribution >= 0.6 is 27.5 Å². The van der Waals surface area contributed by atoms with E-state index >= 15 is 0 Å². The topological polar surface area (TPSA) is 13.1 Å². The van der Waals surface area contributed by atoms with Crippen LogP contribution < -0.4 is 0 Å². The highest BCUT2D eigenvalue weighted by Gasteiger charge is 2.10. The average Bonchev–Trinajstić information content (AvgIpc) is 2.57. The Balaban J connectivity index is 2.53. The minimum absolute atomic E-state index is 0.277. The maximum absolute atomic E-state index is 13.1. The highest BCUT2D eigenvalue weighted by atomic mass is 79.9. The highest BCUT2D eigenvalue weighted by Crippen LogP contribution is 2.34. The van der Waals surface area contributed by atoms with Gasteiger partial charge in [0.15, 0.2) is 0 Å². The number of fused-ring (bicyclic) bond motifs is 3. The summed E-state index contributed by atoms with van der Waals surface area (Å²) in [6.45, 7) is 0. The summed E-state index contributed by atoms with van der Waals surface area (Å²) in [6, 6.07) is 8.01. The van der Waals surface area contributed by atoms with Crippen molar-refractivity contribution < 1.29 is 8.81 Å². The Kier molecular flexibility index (Phi) is 2.19. The monoisotopic (exact) mass is 298 g/mol. The quantitative estimate of drug-likeness (QED) is 0.560. The molecule has 0 N–H and O–H groups in total. The lowest BCUT2D eigenvalue weighted by molar-refractivity contribution is 0.626. The molecule has 0 unspecified atom stereocenters. The van der Waals surface area contributed by atoms with Crippen LogP contribution in [-0.4, -0.2) is 0 Å². The third kappa shape index (κ3) is 1.43. The maximum atomic E-state index is 13.1. The van der Waals surface area contributed by atoms with Crippen LogP contribution in [0.15, 0.2) is 39.2 Å². The van der Waals surface area contributed by atoms with E-state index in [1.807, 2.05) is 6.07 Å². The second-order valence-electron chi connectivity index (χ2n) is 3.51. The molecule has 0 saturated heterocycles. The number of hydrogen-bond acceptors (Lipinski definition) is 1. The Morgan fingerprint density at radius 2 is 1.81 bits per heavy atom. The van der Waals surface area contributed by atoms with Gasteiger partial charge in [0.2, 0.25) is 0 Å². The lowest BCUT2D eigenvalue weighted by Gasteiger charge is -1.94. The van der Waals surface area contributed by atoms with Crippen LogP contribution in [0.3, 0.4) is 0 Å². The minimum atomic E-state index is -0.277. The summed E-state index contributed by atoms with van der Waals surface area (Å²) in [4.78, 5) is 0. The molecule has 16 heavy (non-hydrogen) atoms. The first-order valence-corrected chi connectivity index (χ1v) is 5.79. The van der Waals surface area contributed by atoms with Crippen LogP contribution in [0, 0.1) is 5.82 Å². The minimum Gasteiger partial charge on any atom is -0.456 e. The molecule has 3 aromatic rings. The zero-order chi connectivity index (χ0) is 11.3. The standard InChI is InChI=1S/C12H5BrClFO/c13-9-4-8-7-3-6(15)1-2-11(7)16-12(8)5-10(9)14/h1-5H. The van der Waals surface area contributed by atoms with Gasteiger partial charge in [-0.3, -0.25) is 0 Å². The van der Waals surface area contributed by atoms with E-state index in [1.165, 1.54) is 12.1 Å². The second kappa shape index (κ2) is 3.47. The number of hydrogen-bond donors (Lipinski definition) is 0. The molecule has 80 valence electrons. The van der Waals surface area contributed by atoms with Gasteiger partial charge in [-0.15, -0.1) is 0 Å². The van der Waals surface area contributed by atoms with Gasteiger partial charge in [-0.25, -0.2) is 4.39 Å². The smallest absolute Gasteiger partial charge is 0.136 e. The normalized spacial score (nSPS) is 11.4. The third-order valence-electron chi connectivity index (χ3n) is 2.47. The van der Waals surface area contributed by atoms with Crippen LogP contribution in [0.5, 0.6) is 0 Å². The van der Waals surface area contributed by atoms with Crippen molar-refractivity contribution in [1.29, 1.82) is 0 Å². The SMILES string of the molecule is Fc1ccc2oc3cc(Cl)c(Br)cc3c2c1. The largest absolute Gasteiger partial charge is 0.456 e. The van der Waals surface area contributed by atoms with Crippen molar-refractivity contribution in [3.8, 4) is 0 Å². The van der Waals surface area contributed by atoms with Gasteiger partial charge in [0.05, 0.1) is 5.02 Å². The van der Waals surface area contributed by atoms with E-state index in [4.69, 9.17) is 16.0 Å². The summed E-state index contributed by atoms with van der Waals surface area (Å²) in [5.41, 5.74) is 1.32. The molecule has 0 aliphatic rings. The zero-order valence-electron chi connectivity index (χ0n) is 7.93. The third-order valence-corrected chi connectivity index (χ3v) is 3.67. The maximum Gasteiger partial charge on any atom is 0.136 e. The van der Waals surface area contributed by atoms with Crippen molar-refractivity contribution in [3.05, 3.63) is 45.6 Å². The summed E-state index contributed by atoms with van der Waals surface area (Å²) < 4.78 is 19.5. The van der Waals surface area contributed by atoms with Gasteiger partial charge in [0.1, 0.15) is 17.0 Å². The molecule has 1 nitrogen and oxygen atoms in total. The summed E-state index contributed by atoms with van der Waals surface area (Å²) >= 11 is 9.30. The molecule has 0 radical (unpaired) electrons. The van der Waals surface area contributed by atoms with Gasteiger partial charge < -0.3 is 4.42 Å². The Bertz CT molecular complexity index is 705. The van der Waals surface area contributed by atoms with Gasteiger partial charge in [-0.1, -0.05) is 11.6 Å².